The third-order valence-electron chi connectivity index (χ3n) is 3.90. The van der Waals surface area contributed by atoms with Crippen molar-refractivity contribution >= 4 is 6.08 Å². The Morgan fingerprint density at radius 2 is 1.77 bits per heavy atom. The summed E-state index contributed by atoms with van der Waals surface area (Å²) in [5, 5.41) is 0. The van der Waals surface area contributed by atoms with E-state index >= 15 is 0 Å². The van der Waals surface area contributed by atoms with E-state index in [4.69, 9.17) is 0 Å². The van der Waals surface area contributed by atoms with Crippen molar-refractivity contribution in [1.29, 1.82) is 0 Å². The number of aromatic nitrogens is 1. The topological polar surface area (TPSA) is 4.93 Å². The largest absolute Gasteiger partial charge is 1.00 e. The van der Waals surface area contributed by atoms with E-state index in [0.717, 1.165) is 6.42 Å². The molecule has 0 aliphatic heterocycles. The molecule has 0 bridgehead atoms. The van der Waals surface area contributed by atoms with Crippen molar-refractivity contribution in [3.05, 3.63) is 85.9 Å². The molecule has 22 heavy (non-hydrogen) atoms. The van der Waals surface area contributed by atoms with Crippen LogP contribution >= 0.6 is 0 Å². The number of halogens is 2. The third kappa shape index (κ3) is 3.19. The molecule has 4 rings (SSSR count). The van der Waals surface area contributed by atoms with Crippen molar-refractivity contribution < 1.29 is 44.0 Å². The number of nitrogens with zero attached hydrogens (tertiary/aromatic N) is 1. The van der Waals surface area contributed by atoms with Gasteiger partial charge >= 0.3 is 128 Å². The fraction of sp³-hybridized carbons (Fsp3) is 0.111. The van der Waals surface area contributed by atoms with Crippen LogP contribution in [0, 0.1) is 0 Å². The first-order valence-corrected chi connectivity index (χ1v) is 8.54. The van der Waals surface area contributed by atoms with Crippen molar-refractivity contribution in [3.8, 4) is 0 Å². The van der Waals surface area contributed by atoms with E-state index in [-0.39, 0.29) is 44.0 Å². The molecule has 1 atom stereocenters. The van der Waals surface area contributed by atoms with E-state index in [9.17, 15) is 0 Å². The second-order valence-electron chi connectivity index (χ2n) is 5.21. The molecule has 2 aromatic rings. The Morgan fingerprint density at radius 1 is 1.00 bits per heavy atom. The van der Waals surface area contributed by atoms with Crippen LogP contribution in [0.1, 0.15) is 23.6 Å². The summed E-state index contributed by atoms with van der Waals surface area (Å²) in [5.74, 6) is 0. The minimum absolute atomic E-state index is 0. The van der Waals surface area contributed by atoms with Gasteiger partial charge in [-0.25, -0.2) is 0 Å². The summed E-state index contributed by atoms with van der Waals surface area (Å²) >= 11 is -0.190. The molecule has 0 amide bonds. The first-order chi connectivity index (χ1) is 9.92. The van der Waals surface area contributed by atoms with Crippen LogP contribution in [0.5, 0.6) is 0 Å². The normalized spacial score (nSPS) is 17.7. The van der Waals surface area contributed by atoms with E-state index in [0.29, 0.717) is 6.04 Å². The van der Waals surface area contributed by atoms with E-state index < -0.39 is 0 Å². The maximum Gasteiger partial charge on any atom is -1.00 e. The molecule has 4 heteroatoms. The number of benzene rings is 1. The van der Waals surface area contributed by atoms with Gasteiger partial charge in [0.05, 0.1) is 0 Å². The smallest absolute Gasteiger partial charge is 1.00 e. The van der Waals surface area contributed by atoms with E-state index in [1.54, 1.807) is 7.76 Å². The second-order valence-corrected chi connectivity index (χ2v) is 7.51. The molecule has 0 spiro atoms. The van der Waals surface area contributed by atoms with Gasteiger partial charge in [0.25, 0.3) is 0 Å². The first-order valence-electron chi connectivity index (χ1n) is 6.97. The Labute approximate surface area is 152 Å². The average Bonchev–Trinajstić information content (AvgIpc) is 3.18. The third-order valence-corrected chi connectivity index (χ3v) is 6.08. The molecule has 1 aromatic heterocycles. The van der Waals surface area contributed by atoms with Crippen molar-refractivity contribution in [2.45, 2.75) is 12.5 Å². The number of hydrogen-bond acceptors (Lipinski definition) is 0. The van der Waals surface area contributed by atoms with Crippen LogP contribution in [-0.4, -0.2) is 4.57 Å². The zero-order valence-electron chi connectivity index (χ0n) is 11.9. The number of rotatable bonds is 3. The van der Waals surface area contributed by atoms with Crippen molar-refractivity contribution in [1.82, 2.24) is 4.57 Å². The van der Waals surface area contributed by atoms with Crippen molar-refractivity contribution in [3.63, 3.8) is 0 Å². The number of allylic oxidation sites excluding steroid dienone is 5. The van der Waals surface area contributed by atoms with Crippen LogP contribution in [0.2, 0.25) is 0 Å². The second kappa shape index (κ2) is 7.52. The summed E-state index contributed by atoms with van der Waals surface area (Å²) < 4.78 is 5.61. The summed E-state index contributed by atoms with van der Waals surface area (Å²) in [6.45, 7) is 0. The molecule has 1 unspecified atom stereocenters. The van der Waals surface area contributed by atoms with Gasteiger partial charge in [0.15, 0.2) is 0 Å². The van der Waals surface area contributed by atoms with Crippen LogP contribution in [0.4, 0.5) is 0 Å². The van der Waals surface area contributed by atoms with Gasteiger partial charge < -0.3 is 24.8 Å². The van der Waals surface area contributed by atoms with Crippen molar-refractivity contribution in [2.75, 3.05) is 0 Å². The van der Waals surface area contributed by atoms with E-state index in [1.807, 2.05) is 0 Å². The van der Waals surface area contributed by atoms with E-state index in [2.05, 4.69) is 77.7 Å². The zero-order valence-corrected chi connectivity index (χ0v) is 15.0. The SMILES string of the molecule is C1=CC[C]([Ti+2][C]2=Cc3ccccc3C2n2cccc2)=C1.[Cl-].[Cl-]. The first kappa shape index (κ1) is 17.4. The Balaban J connectivity index is 0.000000882. The molecule has 110 valence electrons. The minimum Gasteiger partial charge on any atom is -1.00 e. The molecule has 2 aliphatic carbocycles. The van der Waals surface area contributed by atoms with Gasteiger partial charge in [-0.3, -0.25) is 0 Å². The monoisotopic (exact) mass is 363 g/mol. The molecule has 0 fully saturated rings. The van der Waals surface area contributed by atoms with Gasteiger partial charge in [0, 0.05) is 0 Å². The Bertz CT molecular complexity index is 729. The average molecular weight is 364 g/mol. The molecule has 0 N–H and O–H groups in total. The summed E-state index contributed by atoms with van der Waals surface area (Å²) in [6.07, 6.45) is 14.8. The van der Waals surface area contributed by atoms with Gasteiger partial charge in [-0.15, -0.1) is 0 Å². The number of fused-ring (bicyclic) bond motifs is 1. The summed E-state index contributed by atoms with van der Waals surface area (Å²) in [4.78, 5) is 0. The Hall–Kier alpha value is -0.986. The zero-order chi connectivity index (χ0) is 13.4. The molecule has 1 aromatic carbocycles. The van der Waals surface area contributed by atoms with Crippen LogP contribution in [0.25, 0.3) is 6.08 Å². The fourth-order valence-electron chi connectivity index (χ4n) is 2.98. The molecule has 0 saturated carbocycles. The predicted molar refractivity (Wildman–Crippen MR) is 78.8 cm³/mol. The molecule has 0 radical (unpaired) electrons. The van der Waals surface area contributed by atoms with E-state index in [1.165, 1.54) is 11.1 Å². The molecular weight excluding hydrogens is 349 g/mol. The summed E-state index contributed by atoms with van der Waals surface area (Å²) in [6, 6.07) is 13.5. The number of hydrogen-bond donors (Lipinski definition) is 0. The molecular formula is C18H15Cl2NTi. The summed E-state index contributed by atoms with van der Waals surface area (Å²) in [5.41, 5.74) is 2.85. The van der Waals surface area contributed by atoms with Gasteiger partial charge in [-0.05, 0) is 0 Å². The van der Waals surface area contributed by atoms with Gasteiger partial charge in [0.2, 0.25) is 0 Å². The Morgan fingerprint density at radius 3 is 2.50 bits per heavy atom. The van der Waals surface area contributed by atoms with Crippen LogP contribution in [-0.2, 0) is 19.2 Å². The molecule has 0 saturated heterocycles. The maximum atomic E-state index is 2.43. The molecule has 1 nitrogen and oxygen atoms in total. The van der Waals surface area contributed by atoms with Crippen molar-refractivity contribution in [2.24, 2.45) is 0 Å². The van der Waals surface area contributed by atoms with Gasteiger partial charge in [-0.2, -0.15) is 0 Å². The predicted octanol–water partition coefficient (Wildman–Crippen LogP) is -1.63. The molecule has 1 heterocycles. The molecule has 2 aliphatic rings. The quantitative estimate of drug-likeness (QED) is 0.577. The van der Waals surface area contributed by atoms with Crippen LogP contribution in [0.15, 0.2) is 74.8 Å². The van der Waals surface area contributed by atoms with Crippen LogP contribution in [0.3, 0.4) is 0 Å². The fourth-order valence-corrected chi connectivity index (χ4v) is 5.22. The van der Waals surface area contributed by atoms with Gasteiger partial charge in [-0.1, -0.05) is 0 Å². The minimum atomic E-state index is -0.190. The standard InChI is InChI=1S/C13H10N.C5H5.2ClH.Ti/c1-2-6-12-11(5-1)7-8-13(12)14-9-3-4-10-14;1-2-4-5-3-1;;;/h1-7,9-10,13H;1-3H,4H2;2*1H;/q;;;;+2/p-2. The van der Waals surface area contributed by atoms with Gasteiger partial charge in [0.1, 0.15) is 0 Å². The maximum absolute atomic E-state index is 2.43. The Kier molecular flexibility index (Phi) is 5.94. The summed E-state index contributed by atoms with van der Waals surface area (Å²) in [7, 11) is 0. The van der Waals surface area contributed by atoms with Crippen LogP contribution < -0.4 is 24.8 Å².